The molecule has 0 aromatic heterocycles. The van der Waals surface area contributed by atoms with Crippen LogP contribution in [0.15, 0.2) is 130 Å². The second kappa shape index (κ2) is 16.1. The summed E-state index contributed by atoms with van der Waals surface area (Å²) in [4.78, 5) is 0. The molecule has 228 valence electrons. The average Bonchev–Trinajstić information content (AvgIpc) is 2.84. The Hall–Kier alpha value is -2.90. The minimum atomic E-state index is -0.221. The monoisotopic (exact) mass is 566 g/mol. The zero-order valence-electron chi connectivity index (χ0n) is 28.5. The Morgan fingerprint density at radius 3 is 1.76 bits per heavy atom. The third kappa shape index (κ3) is 11.8. The van der Waals surface area contributed by atoms with E-state index in [0.29, 0.717) is 17.3 Å². The van der Waals surface area contributed by atoms with E-state index in [-0.39, 0.29) is 11.5 Å². The van der Waals surface area contributed by atoms with E-state index in [2.05, 4.69) is 167 Å². The maximum Gasteiger partial charge on any atom is 0.0585 e. The summed E-state index contributed by atoms with van der Waals surface area (Å²) in [6.07, 6.45) is 35.5. The summed E-state index contributed by atoms with van der Waals surface area (Å²) >= 11 is 0. The first-order valence-corrected chi connectivity index (χ1v) is 15.8. The van der Waals surface area contributed by atoms with Gasteiger partial charge in [0.2, 0.25) is 0 Å². The Bertz CT molecular complexity index is 1270. The molecule has 1 N–H and O–H groups in total. The van der Waals surface area contributed by atoms with Crippen LogP contribution in [-0.2, 0) is 0 Å². The van der Waals surface area contributed by atoms with Crippen LogP contribution in [0.5, 0.6) is 0 Å². The van der Waals surface area contributed by atoms with Crippen molar-refractivity contribution in [1.29, 1.82) is 0 Å². The predicted molar refractivity (Wildman–Crippen MR) is 187 cm³/mol. The van der Waals surface area contributed by atoms with Crippen molar-refractivity contribution >= 4 is 0 Å². The van der Waals surface area contributed by atoms with Gasteiger partial charge in [-0.15, -0.1) is 0 Å². The van der Waals surface area contributed by atoms with Crippen LogP contribution < -0.4 is 0 Å². The lowest BCUT2D eigenvalue weighted by molar-refractivity contribution is 0.116. The van der Waals surface area contributed by atoms with E-state index in [1.807, 2.05) is 0 Å². The van der Waals surface area contributed by atoms with Gasteiger partial charge in [0.25, 0.3) is 0 Å². The molecule has 0 heterocycles. The molecule has 0 aliphatic heterocycles. The topological polar surface area (TPSA) is 20.2 Å². The van der Waals surface area contributed by atoms with E-state index in [1.54, 1.807) is 0 Å². The van der Waals surface area contributed by atoms with Crippen LogP contribution in [-0.4, -0.2) is 11.2 Å². The van der Waals surface area contributed by atoms with Crippen molar-refractivity contribution in [2.75, 3.05) is 0 Å². The molecule has 0 saturated carbocycles. The van der Waals surface area contributed by atoms with Crippen LogP contribution in [0.25, 0.3) is 0 Å². The van der Waals surface area contributed by atoms with Crippen molar-refractivity contribution in [2.45, 2.75) is 102 Å². The van der Waals surface area contributed by atoms with Gasteiger partial charge < -0.3 is 5.11 Å². The van der Waals surface area contributed by atoms with Gasteiger partial charge in [-0.3, -0.25) is 0 Å². The van der Waals surface area contributed by atoms with Crippen molar-refractivity contribution < 1.29 is 5.11 Å². The van der Waals surface area contributed by atoms with E-state index >= 15 is 0 Å². The Morgan fingerprint density at radius 2 is 1.24 bits per heavy atom. The average molecular weight is 567 g/mol. The van der Waals surface area contributed by atoms with Gasteiger partial charge in [0.15, 0.2) is 0 Å². The van der Waals surface area contributed by atoms with Crippen LogP contribution in [0.1, 0.15) is 95.4 Å². The van der Waals surface area contributed by atoms with Crippen LogP contribution in [0.3, 0.4) is 0 Å². The molecule has 0 spiro atoms. The van der Waals surface area contributed by atoms with Gasteiger partial charge in [0, 0.05) is 5.92 Å². The van der Waals surface area contributed by atoms with Gasteiger partial charge in [-0.05, 0) is 83.1 Å². The van der Waals surface area contributed by atoms with Gasteiger partial charge in [0.1, 0.15) is 0 Å². The smallest absolute Gasteiger partial charge is 0.0585 e. The second-order valence-electron chi connectivity index (χ2n) is 14.1. The molecule has 0 aromatic carbocycles. The molecule has 0 bridgehead atoms. The lowest BCUT2D eigenvalue weighted by Gasteiger charge is -2.39. The Labute approximate surface area is 259 Å². The molecule has 2 rings (SSSR count). The third-order valence-corrected chi connectivity index (χ3v) is 8.53. The zero-order chi connectivity index (χ0) is 31.5. The molecule has 3 unspecified atom stereocenters. The molecule has 2 aliphatic carbocycles. The van der Waals surface area contributed by atoms with Gasteiger partial charge in [-0.1, -0.05) is 159 Å². The first kappa shape index (κ1) is 35.3. The van der Waals surface area contributed by atoms with Crippen molar-refractivity contribution in [3.8, 4) is 0 Å². The molecule has 0 fully saturated rings. The molecule has 1 nitrogen and oxygen atoms in total. The van der Waals surface area contributed by atoms with Crippen molar-refractivity contribution in [3.63, 3.8) is 0 Å². The summed E-state index contributed by atoms with van der Waals surface area (Å²) < 4.78 is 0. The molecule has 0 aromatic rings. The van der Waals surface area contributed by atoms with Crippen LogP contribution in [0.4, 0.5) is 0 Å². The third-order valence-electron chi connectivity index (χ3n) is 8.53. The minimum Gasteiger partial charge on any atom is -0.393 e. The summed E-state index contributed by atoms with van der Waals surface area (Å²) in [6.45, 7) is 24.5. The van der Waals surface area contributed by atoms with E-state index in [1.165, 1.54) is 45.4 Å². The quantitative estimate of drug-likeness (QED) is 0.206. The Balaban J connectivity index is 1.90. The molecule has 0 amide bonds. The van der Waals surface area contributed by atoms with Gasteiger partial charge in [0.05, 0.1) is 6.10 Å². The number of aliphatic hydroxyl groups excluding tert-OH is 1. The number of allylic oxidation sites excluding steroid dienone is 21. The molecule has 42 heavy (non-hydrogen) atoms. The summed E-state index contributed by atoms with van der Waals surface area (Å²) in [5.74, 6) is 1.18. The number of hydrogen-bond acceptors (Lipinski definition) is 1. The molecular weight excluding hydrogens is 508 g/mol. The second-order valence-corrected chi connectivity index (χ2v) is 14.1. The minimum absolute atomic E-state index is 0.0117. The molecule has 0 saturated heterocycles. The fourth-order valence-electron chi connectivity index (χ4n) is 6.58. The number of aliphatic hydroxyl groups is 1. The first-order chi connectivity index (χ1) is 19.6. The van der Waals surface area contributed by atoms with Gasteiger partial charge in [-0.25, -0.2) is 0 Å². The van der Waals surface area contributed by atoms with Crippen molar-refractivity contribution in [1.82, 2.24) is 0 Å². The van der Waals surface area contributed by atoms with Crippen molar-refractivity contribution in [3.05, 3.63) is 130 Å². The Morgan fingerprint density at radius 1 is 0.738 bits per heavy atom. The molecule has 3 atom stereocenters. The lowest BCUT2D eigenvalue weighted by Crippen LogP contribution is -2.29. The van der Waals surface area contributed by atoms with Crippen LogP contribution in [0.2, 0.25) is 0 Å². The summed E-state index contributed by atoms with van der Waals surface area (Å²) in [7, 11) is 0. The van der Waals surface area contributed by atoms with E-state index in [0.717, 1.165) is 12.8 Å². The predicted octanol–water partition coefficient (Wildman–Crippen LogP) is 11.7. The highest BCUT2D eigenvalue weighted by molar-refractivity contribution is 5.38. The Kier molecular flexibility index (Phi) is 13.5. The molecular formula is C41H58O. The van der Waals surface area contributed by atoms with Crippen LogP contribution in [0, 0.1) is 22.7 Å². The lowest BCUT2D eigenvalue weighted by atomic mass is 9.66. The van der Waals surface area contributed by atoms with E-state index in [4.69, 9.17) is 0 Å². The maximum absolute atomic E-state index is 10.1. The number of rotatable bonds is 10. The highest BCUT2D eigenvalue weighted by Gasteiger charge is 2.33. The van der Waals surface area contributed by atoms with E-state index < -0.39 is 0 Å². The SMILES string of the molecule is CC1=CC(C)CC(C)(C)C1/C=C/C(C)=C/C=C/C(C)=C/C=C/C=C(C)/C=C/C=C(C)/C=C/C1=C(C)CC(O)CC1(C)C. The highest BCUT2D eigenvalue weighted by atomic mass is 16.3. The molecule has 0 radical (unpaired) electrons. The van der Waals surface area contributed by atoms with Crippen molar-refractivity contribution in [2.24, 2.45) is 22.7 Å². The van der Waals surface area contributed by atoms with Gasteiger partial charge >= 0.3 is 0 Å². The van der Waals surface area contributed by atoms with E-state index in [9.17, 15) is 5.11 Å². The first-order valence-electron chi connectivity index (χ1n) is 15.8. The standard InChI is InChI=1S/C41H58O/c1-30(18-14-20-32(3)22-24-38-35(6)26-34(5)28-40(38,8)9)16-12-13-17-31(2)19-15-21-33(4)23-25-39-36(7)27-37(42)29-41(39,10)11/h12-26,34,37-38,42H,27-29H2,1-11H3/b13-12+,18-14+,19-15+,24-22+,25-23+,30-16+,31-17+,32-20+,33-21+. The summed E-state index contributed by atoms with van der Waals surface area (Å²) in [5.41, 5.74) is 9.36. The summed E-state index contributed by atoms with van der Waals surface area (Å²) in [6, 6.07) is 0. The fraction of sp³-hybridized carbons (Fsp3) is 0.463. The fourth-order valence-corrected chi connectivity index (χ4v) is 6.58. The van der Waals surface area contributed by atoms with Gasteiger partial charge in [-0.2, -0.15) is 0 Å². The van der Waals surface area contributed by atoms with Crippen LogP contribution >= 0.6 is 0 Å². The normalized spacial score (nSPS) is 26.6. The highest BCUT2D eigenvalue weighted by Crippen LogP contribution is 2.44. The molecule has 2 aliphatic rings. The molecule has 1 heteroatoms. The maximum atomic E-state index is 10.1. The number of hydrogen-bond donors (Lipinski definition) is 1. The largest absolute Gasteiger partial charge is 0.393 e. The summed E-state index contributed by atoms with van der Waals surface area (Å²) in [5, 5.41) is 10.1. The zero-order valence-corrected chi connectivity index (χ0v) is 28.5.